The molecule has 0 aromatic heterocycles. The maximum absolute atomic E-state index is 12.5. The summed E-state index contributed by atoms with van der Waals surface area (Å²) in [4.78, 5) is 14.6. The average molecular weight is 424 g/mol. The zero-order valence-corrected chi connectivity index (χ0v) is 17.9. The SMILES string of the molecule is C[C@@H](C(=O)NCCCN(C)c1ccccc1)N(c1cccc(Cl)c1)S(C)(=O)=O. The van der Waals surface area contributed by atoms with Gasteiger partial charge in [-0.25, -0.2) is 8.42 Å². The van der Waals surface area contributed by atoms with Crippen LogP contribution in [0.5, 0.6) is 0 Å². The highest BCUT2D eigenvalue weighted by Crippen LogP contribution is 2.24. The van der Waals surface area contributed by atoms with E-state index in [1.165, 1.54) is 6.07 Å². The van der Waals surface area contributed by atoms with Gasteiger partial charge in [0.15, 0.2) is 0 Å². The molecule has 0 saturated heterocycles. The van der Waals surface area contributed by atoms with Gasteiger partial charge >= 0.3 is 0 Å². The predicted octanol–water partition coefficient (Wildman–Crippen LogP) is 3.14. The molecule has 0 aliphatic heterocycles. The Bertz CT molecular complexity index is 891. The summed E-state index contributed by atoms with van der Waals surface area (Å²) >= 11 is 5.98. The molecule has 28 heavy (non-hydrogen) atoms. The molecule has 0 bridgehead atoms. The standard InChI is InChI=1S/C20H26ClN3O3S/c1-16(24(28(3,26)27)19-12-7-9-17(21)15-19)20(25)22-13-8-14-23(2)18-10-5-4-6-11-18/h4-7,9-12,15-16H,8,13-14H2,1-3H3,(H,22,25)/t16-/m0/s1. The number of nitrogens with one attached hydrogen (secondary N) is 1. The van der Waals surface area contributed by atoms with Crippen molar-refractivity contribution in [1.29, 1.82) is 0 Å². The van der Waals surface area contributed by atoms with E-state index >= 15 is 0 Å². The van der Waals surface area contributed by atoms with Crippen molar-refractivity contribution in [2.75, 3.05) is 35.6 Å². The van der Waals surface area contributed by atoms with Crippen molar-refractivity contribution < 1.29 is 13.2 Å². The second-order valence-electron chi connectivity index (χ2n) is 6.62. The van der Waals surface area contributed by atoms with Crippen LogP contribution >= 0.6 is 11.6 Å². The van der Waals surface area contributed by atoms with E-state index in [0.717, 1.165) is 29.2 Å². The number of carbonyl (C=O) groups excluding carboxylic acids is 1. The molecule has 152 valence electrons. The van der Waals surface area contributed by atoms with Crippen LogP contribution in [-0.2, 0) is 14.8 Å². The van der Waals surface area contributed by atoms with Crippen LogP contribution < -0.4 is 14.5 Å². The Labute approximate surface area is 172 Å². The Morgan fingerprint density at radius 3 is 2.36 bits per heavy atom. The number of anilines is 2. The zero-order chi connectivity index (χ0) is 20.7. The van der Waals surface area contributed by atoms with Gasteiger partial charge in [0.2, 0.25) is 15.9 Å². The first-order valence-corrected chi connectivity index (χ1v) is 11.2. The van der Waals surface area contributed by atoms with Crippen molar-refractivity contribution in [1.82, 2.24) is 5.32 Å². The Morgan fingerprint density at radius 2 is 1.75 bits per heavy atom. The predicted molar refractivity (Wildman–Crippen MR) is 116 cm³/mol. The average Bonchev–Trinajstić information content (AvgIpc) is 2.64. The Morgan fingerprint density at radius 1 is 1.11 bits per heavy atom. The van der Waals surface area contributed by atoms with E-state index in [2.05, 4.69) is 10.2 Å². The summed E-state index contributed by atoms with van der Waals surface area (Å²) in [5.41, 5.74) is 1.47. The molecule has 1 N–H and O–H groups in total. The van der Waals surface area contributed by atoms with Crippen LogP contribution in [0.4, 0.5) is 11.4 Å². The van der Waals surface area contributed by atoms with Crippen LogP contribution in [-0.4, -0.2) is 46.8 Å². The van der Waals surface area contributed by atoms with E-state index in [1.807, 2.05) is 37.4 Å². The molecule has 1 atom stereocenters. The van der Waals surface area contributed by atoms with Crippen LogP contribution in [0.1, 0.15) is 13.3 Å². The molecule has 0 fully saturated rings. The van der Waals surface area contributed by atoms with Crippen LogP contribution in [0.3, 0.4) is 0 Å². The molecule has 2 rings (SSSR count). The van der Waals surface area contributed by atoms with Crippen molar-refractivity contribution in [3.8, 4) is 0 Å². The van der Waals surface area contributed by atoms with Gasteiger partial charge in [-0.1, -0.05) is 35.9 Å². The van der Waals surface area contributed by atoms with Crippen molar-refractivity contribution in [3.63, 3.8) is 0 Å². The molecule has 0 aliphatic rings. The molecule has 0 heterocycles. The highest BCUT2D eigenvalue weighted by molar-refractivity contribution is 7.92. The van der Waals surface area contributed by atoms with E-state index in [1.54, 1.807) is 25.1 Å². The summed E-state index contributed by atoms with van der Waals surface area (Å²) in [5, 5.41) is 3.23. The lowest BCUT2D eigenvalue weighted by molar-refractivity contribution is -0.121. The van der Waals surface area contributed by atoms with Crippen molar-refractivity contribution >= 4 is 38.9 Å². The molecular weight excluding hydrogens is 398 g/mol. The summed E-state index contributed by atoms with van der Waals surface area (Å²) in [6, 6.07) is 15.5. The molecule has 0 aliphatic carbocycles. The first-order chi connectivity index (χ1) is 13.2. The topological polar surface area (TPSA) is 69.7 Å². The largest absolute Gasteiger partial charge is 0.375 e. The Balaban J connectivity index is 1.94. The molecule has 0 saturated carbocycles. The van der Waals surface area contributed by atoms with Crippen LogP contribution in [0.15, 0.2) is 54.6 Å². The van der Waals surface area contributed by atoms with Crippen molar-refractivity contribution in [3.05, 3.63) is 59.6 Å². The zero-order valence-electron chi connectivity index (χ0n) is 16.3. The van der Waals surface area contributed by atoms with Crippen molar-refractivity contribution in [2.45, 2.75) is 19.4 Å². The van der Waals surface area contributed by atoms with Gasteiger partial charge in [0.25, 0.3) is 0 Å². The molecule has 6 nitrogen and oxygen atoms in total. The van der Waals surface area contributed by atoms with Crippen LogP contribution in [0.25, 0.3) is 0 Å². The maximum atomic E-state index is 12.5. The third-order valence-corrected chi connectivity index (χ3v) is 5.79. The van der Waals surface area contributed by atoms with Crippen LogP contribution in [0, 0.1) is 0 Å². The summed E-state index contributed by atoms with van der Waals surface area (Å²) < 4.78 is 25.6. The van der Waals surface area contributed by atoms with Crippen molar-refractivity contribution in [2.24, 2.45) is 0 Å². The number of hydrogen-bond acceptors (Lipinski definition) is 4. The van der Waals surface area contributed by atoms with E-state index in [4.69, 9.17) is 11.6 Å². The van der Waals surface area contributed by atoms with E-state index in [-0.39, 0.29) is 5.91 Å². The Hall–Kier alpha value is -2.25. The van der Waals surface area contributed by atoms with Gasteiger partial charge in [0.05, 0.1) is 11.9 Å². The van der Waals surface area contributed by atoms with E-state index in [9.17, 15) is 13.2 Å². The van der Waals surface area contributed by atoms with Gasteiger partial charge < -0.3 is 10.2 Å². The number of rotatable bonds is 9. The second kappa shape index (κ2) is 9.80. The fraction of sp³-hybridized carbons (Fsp3) is 0.350. The number of nitrogens with zero attached hydrogens (tertiary/aromatic N) is 2. The van der Waals surface area contributed by atoms with E-state index < -0.39 is 16.1 Å². The highest BCUT2D eigenvalue weighted by Gasteiger charge is 2.29. The summed E-state index contributed by atoms with van der Waals surface area (Å²) in [6.07, 6.45) is 1.81. The molecule has 2 aromatic rings. The molecular formula is C20H26ClN3O3S. The van der Waals surface area contributed by atoms with Crippen LogP contribution in [0.2, 0.25) is 5.02 Å². The highest BCUT2D eigenvalue weighted by atomic mass is 35.5. The number of carbonyl (C=O) groups is 1. The van der Waals surface area contributed by atoms with Gasteiger partial charge in [-0.3, -0.25) is 9.10 Å². The summed E-state index contributed by atoms with van der Waals surface area (Å²) in [6.45, 7) is 2.78. The number of hydrogen-bond donors (Lipinski definition) is 1. The quantitative estimate of drug-likeness (QED) is 0.629. The minimum absolute atomic E-state index is 0.354. The van der Waals surface area contributed by atoms with Gasteiger partial charge in [0, 0.05) is 30.8 Å². The van der Waals surface area contributed by atoms with Gasteiger partial charge in [-0.05, 0) is 43.7 Å². The molecule has 1 amide bonds. The van der Waals surface area contributed by atoms with E-state index in [0.29, 0.717) is 17.3 Å². The lowest BCUT2D eigenvalue weighted by Crippen LogP contribution is -2.48. The Kier molecular flexibility index (Phi) is 7.71. The fourth-order valence-electron chi connectivity index (χ4n) is 2.91. The minimum atomic E-state index is -3.65. The van der Waals surface area contributed by atoms with Gasteiger partial charge in [-0.15, -0.1) is 0 Å². The number of sulfonamides is 1. The molecule has 0 spiro atoms. The summed E-state index contributed by atoms with van der Waals surface area (Å²) in [5.74, 6) is -0.354. The molecule has 2 aromatic carbocycles. The second-order valence-corrected chi connectivity index (χ2v) is 8.91. The number of para-hydroxylation sites is 1. The molecule has 8 heteroatoms. The number of amides is 1. The normalized spacial score (nSPS) is 12.3. The first kappa shape index (κ1) is 22.0. The first-order valence-electron chi connectivity index (χ1n) is 8.99. The third-order valence-electron chi connectivity index (χ3n) is 4.32. The lowest BCUT2D eigenvalue weighted by Gasteiger charge is -2.28. The van der Waals surface area contributed by atoms with Gasteiger partial charge in [0.1, 0.15) is 6.04 Å². The summed E-state index contributed by atoms with van der Waals surface area (Å²) in [7, 11) is -1.66. The van der Waals surface area contributed by atoms with Gasteiger partial charge in [-0.2, -0.15) is 0 Å². The third kappa shape index (κ3) is 6.14. The monoisotopic (exact) mass is 423 g/mol. The maximum Gasteiger partial charge on any atom is 0.243 e. The number of benzene rings is 2. The fourth-order valence-corrected chi connectivity index (χ4v) is 4.26. The number of halogens is 1. The minimum Gasteiger partial charge on any atom is -0.375 e. The molecule has 0 radical (unpaired) electrons. The lowest BCUT2D eigenvalue weighted by atomic mass is 10.2. The smallest absolute Gasteiger partial charge is 0.243 e. The molecule has 0 unspecified atom stereocenters.